The number of hydrogen-bond acceptors (Lipinski definition) is 3. The van der Waals surface area contributed by atoms with Crippen LogP contribution in [0.5, 0.6) is 0 Å². The van der Waals surface area contributed by atoms with E-state index in [2.05, 4.69) is 35.6 Å². The van der Waals surface area contributed by atoms with E-state index in [1.165, 1.54) is 16.3 Å². The largest absolute Gasteiger partial charge is 0.490 e. The van der Waals surface area contributed by atoms with Gasteiger partial charge in [-0.3, -0.25) is 4.79 Å². The van der Waals surface area contributed by atoms with Crippen molar-refractivity contribution in [1.29, 1.82) is 0 Å². The molecule has 162 valence electrons. The van der Waals surface area contributed by atoms with Gasteiger partial charge in [0.15, 0.2) is 0 Å². The van der Waals surface area contributed by atoms with Gasteiger partial charge in [-0.1, -0.05) is 60.7 Å². The van der Waals surface area contributed by atoms with Crippen LogP contribution in [0.25, 0.3) is 10.8 Å². The topological polar surface area (TPSA) is 92.4 Å². The highest BCUT2D eigenvalue weighted by molar-refractivity contribution is 5.97. The van der Waals surface area contributed by atoms with Crippen LogP contribution in [-0.2, 0) is 16.9 Å². The second kappa shape index (κ2) is 8.77. The van der Waals surface area contributed by atoms with Crippen molar-refractivity contribution >= 4 is 22.6 Å². The molecule has 1 aliphatic carbocycles. The van der Waals surface area contributed by atoms with Gasteiger partial charge in [0, 0.05) is 12.1 Å². The first-order valence-electron chi connectivity index (χ1n) is 9.57. The van der Waals surface area contributed by atoms with Gasteiger partial charge in [0.2, 0.25) is 0 Å². The van der Waals surface area contributed by atoms with Crippen LogP contribution in [0.15, 0.2) is 66.7 Å². The summed E-state index contributed by atoms with van der Waals surface area (Å²) in [5.41, 5.74) is 8.28. The van der Waals surface area contributed by atoms with E-state index in [0.29, 0.717) is 12.1 Å². The maximum absolute atomic E-state index is 12.8. The Labute approximate surface area is 176 Å². The van der Waals surface area contributed by atoms with Crippen LogP contribution in [0.4, 0.5) is 13.2 Å². The van der Waals surface area contributed by atoms with Crippen molar-refractivity contribution in [3.63, 3.8) is 0 Å². The molecule has 4 N–H and O–H groups in total. The quantitative estimate of drug-likeness (QED) is 0.574. The zero-order chi connectivity index (χ0) is 22.6. The average molecular weight is 430 g/mol. The summed E-state index contributed by atoms with van der Waals surface area (Å²) in [4.78, 5) is 21.7. The molecule has 1 amide bonds. The minimum Gasteiger partial charge on any atom is -0.475 e. The first-order chi connectivity index (χ1) is 14.7. The Balaban J connectivity index is 0.000000339. The molecule has 5 nitrogen and oxygen atoms in total. The number of carboxylic acids is 1. The normalized spacial score (nSPS) is 14.3. The Hall–Kier alpha value is -3.39. The van der Waals surface area contributed by atoms with Crippen molar-refractivity contribution in [2.45, 2.75) is 31.1 Å². The number of benzene rings is 3. The Bertz CT molecular complexity index is 1100. The molecule has 0 atom stereocenters. The standard InChI is InChI=1S/C21H20N2O.C2HF3O2/c22-14-16-7-2-4-10-18(16)20(24)23-21(12-13-21)19-11-5-8-15-6-1-3-9-17(15)19;3-2(4,5)1(6)7/h1-11H,12-14,22H2,(H,23,24);(H,6,7). The highest BCUT2D eigenvalue weighted by Gasteiger charge is 2.46. The van der Waals surface area contributed by atoms with Crippen molar-refractivity contribution in [1.82, 2.24) is 5.32 Å². The Morgan fingerprint density at radius 3 is 2.16 bits per heavy atom. The summed E-state index contributed by atoms with van der Waals surface area (Å²) >= 11 is 0. The predicted octanol–water partition coefficient (Wildman–Crippen LogP) is 4.35. The maximum Gasteiger partial charge on any atom is 0.490 e. The third kappa shape index (κ3) is 5.03. The number of carboxylic acid groups (broad SMARTS) is 1. The fourth-order valence-electron chi connectivity index (χ4n) is 3.43. The summed E-state index contributed by atoms with van der Waals surface area (Å²) in [5.74, 6) is -2.80. The van der Waals surface area contributed by atoms with Gasteiger partial charge in [-0.05, 0) is 40.8 Å². The van der Waals surface area contributed by atoms with Crippen molar-refractivity contribution < 1.29 is 27.9 Å². The van der Waals surface area contributed by atoms with Crippen LogP contribution in [0.2, 0.25) is 0 Å². The van der Waals surface area contributed by atoms with E-state index in [1.54, 1.807) is 0 Å². The molecule has 0 heterocycles. The van der Waals surface area contributed by atoms with E-state index in [9.17, 15) is 18.0 Å². The number of carbonyl (C=O) groups is 2. The molecular weight excluding hydrogens is 409 g/mol. The first-order valence-corrected chi connectivity index (χ1v) is 9.57. The van der Waals surface area contributed by atoms with E-state index in [4.69, 9.17) is 15.6 Å². The molecule has 4 rings (SSSR count). The Kier molecular flexibility index (Phi) is 6.31. The van der Waals surface area contributed by atoms with Crippen LogP contribution >= 0.6 is 0 Å². The predicted molar refractivity (Wildman–Crippen MR) is 110 cm³/mol. The average Bonchev–Trinajstić information content (AvgIpc) is 3.53. The summed E-state index contributed by atoms with van der Waals surface area (Å²) in [5, 5.41) is 12.8. The number of hydrogen-bond donors (Lipinski definition) is 3. The van der Waals surface area contributed by atoms with Gasteiger partial charge in [0.1, 0.15) is 0 Å². The Morgan fingerprint density at radius 2 is 1.55 bits per heavy atom. The molecule has 1 fully saturated rings. The summed E-state index contributed by atoms with van der Waals surface area (Å²) < 4.78 is 31.7. The third-order valence-corrected chi connectivity index (χ3v) is 5.13. The van der Waals surface area contributed by atoms with Crippen molar-refractivity contribution in [3.8, 4) is 0 Å². The number of amides is 1. The zero-order valence-corrected chi connectivity index (χ0v) is 16.4. The zero-order valence-electron chi connectivity index (χ0n) is 16.4. The number of alkyl halides is 3. The SMILES string of the molecule is NCc1ccccc1C(=O)NC1(c2cccc3ccccc23)CC1.O=C(O)C(F)(F)F. The molecule has 0 bridgehead atoms. The number of nitrogens with two attached hydrogens (primary N) is 1. The monoisotopic (exact) mass is 430 g/mol. The van der Waals surface area contributed by atoms with Gasteiger partial charge >= 0.3 is 12.1 Å². The highest BCUT2D eigenvalue weighted by atomic mass is 19.4. The molecule has 0 saturated heterocycles. The summed E-state index contributed by atoms with van der Waals surface area (Å²) in [6, 6.07) is 22.2. The number of rotatable bonds is 4. The minimum absolute atomic E-state index is 0.0403. The third-order valence-electron chi connectivity index (χ3n) is 5.13. The molecule has 0 radical (unpaired) electrons. The second-order valence-corrected chi connectivity index (χ2v) is 7.23. The maximum atomic E-state index is 12.8. The van der Waals surface area contributed by atoms with Gasteiger partial charge < -0.3 is 16.2 Å². The van der Waals surface area contributed by atoms with Gasteiger partial charge in [-0.15, -0.1) is 0 Å². The molecule has 0 aliphatic heterocycles. The molecule has 1 saturated carbocycles. The van der Waals surface area contributed by atoms with Crippen molar-refractivity contribution in [2.24, 2.45) is 5.73 Å². The van der Waals surface area contributed by atoms with Crippen molar-refractivity contribution in [3.05, 3.63) is 83.4 Å². The van der Waals surface area contributed by atoms with E-state index in [-0.39, 0.29) is 11.4 Å². The van der Waals surface area contributed by atoms with Crippen LogP contribution < -0.4 is 11.1 Å². The molecule has 3 aromatic carbocycles. The lowest BCUT2D eigenvalue weighted by molar-refractivity contribution is -0.192. The smallest absolute Gasteiger partial charge is 0.475 e. The lowest BCUT2D eigenvalue weighted by Crippen LogP contribution is -2.35. The van der Waals surface area contributed by atoms with Gasteiger partial charge in [0.05, 0.1) is 5.54 Å². The van der Waals surface area contributed by atoms with E-state index in [0.717, 1.165) is 18.4 Å². The number of fused-ring (bicyclic) bond motifs is 1. The lowest BCUT2D eigenvalue weighted by Gasteiger charge is -2.21. The fourth-order valence-corrected chi connectivity index (χ4v) is 3.43. The number of nitrogens with one attached hydrogen (secondary N) is 1. The molecule has 31 heavy (non-hydrogen) atoms. The lowest BCUT2D eigenvalue weighted by atomic mass is 9.96. The summed E-state index contributed by atoms with van der Waals surface area (Å²) in [7, 11) is 0. The molecular formula is C23H21F3N2O3. The van der Waals surface area contributed by atoms with Crippen LogP contribution in [0.1, 0.15) is 34.3 Å². The van der Waals surface area contributed by atoms with Gasteiger partial charge in [-0.2, -0.15) is 13.2 Å². The molecule has 0 unspecified atom stereocenters. The summed E-state index contributed by atoms with van der Waals surface area (Å²) in [6.07, 6.45) is -3.14. The molecule has 3 aromatic rings. The molecule has 1 aliphatic rings. The number of carbonyl (C=O) groups excluding carboxylic acids is 1. The van der Waals surface area contributed by atoms with E-state index < -0.39 is 12.1 Å². The van der Waals surface area contributed by atoms with Crippen LogP contribution in [0.3, 0.4) is 0 Å². The molecule has 0 aromatic heterocycles. The molecule has 8 heteroatoms. The number of halogens is 3. The Morgan fingerprint density at radius 1 is 0.968 bits per heavy atom. The van der Waals surface area contributed by atoms with Gasteiger partial charge in [0.25, 0.3) is 5.91 Å². The van der Waals surface area contributed by atoms with Crippen LogP contribution in [0, 0.1) is 0 Å². The minimum atomic E-state index is -5.08. The van der Waals surface area contributed by atoms with Crippen molar-refractivity contribution in [2.75, 3.05) is 0 Å². The highest BCUT2D eigenvalue weighted by Crippen LogP contribution is 2.48. The first kappa shape index (κ1) is 22.3. The van der Waals surface area contributed by atoms with Crippen LogP contribution in [-0.4, -0.2) is 23.2 Å². The molecule has 0 spiro atoms. The second-order valence-electron chi connectivity index (χ2n) is 7.23. The van der Waals surface area contributed by atoms with E-state index >= 15 is 0 Å². The summed E-state index contributed by atoms with van der Waals surface area (Å²) in [6.45, 7) is 0.366. The number of aliphatic carboxylic acids is 1. The fraction of sp³-hybridized carbons (Fsp3) is 0.217. The van der Waals surface area contributed by atoms with Gasteiger partial charge in [-0.25, -0.2) is 4.79 Å². The van der Waals surface area contributed by atoms with E-state index in [1.807, 2.05) is 36.4 Å².